The van der Waals surface area contributed by atoms with Crippen LogP contribution in [-0.4, -0.2) is 29.5 Å². The Hall–Kier alpha value is -0.620. The quantitative estimate of drug-likeness (QED) is 0.808. The molecule has 124 valence electrons. The van der Waals surface area contributed by atoms with Gasteiger partial charge in [-0.1, -0.05) is 32.1 Å². The highest BCUT2D eigenvalue weighted by Gasteiger charge is 2.36. The van der Waals surface area contributed by atoms with E-state index >= 15 is 0 Å². The summed E-state index contributed by atoms with van der Waals surface area (Å²) in [7, 11) is 0. The summed E-state index contributed by atoms with van der Waals surface area (Å²) in [5.41, 5.74) is 0.678. The highest BCUT2D eigenvalue weighted by Crippen LogP contribution is 2.35. The summed E-state index contributed by atoms with van der Waals surface area (Å²) in [5.74, 6) is 0.862. The van der Waals surface area contributed by atoms with E-state index in [-0.39, 0.29) is 0 Å². The number of aromatic nitrogens is 1. The fraction of sp³-hybridized carbons (Fsp3) is 0.812. The number of halogens is 3. The number of alkyl halides is 3. The molecule has 0 bridgehead atoms. The van der Waals surface area contributed by atoms with Gasteiger partial charge in [0.1, 0.15) is 0 Å². The van der Waals surface area contributed by atoms with Crippen molar-refractivity contribution in [3.63, 3.8) is 0 Å². The van der Waals surface area contributed by atoms with Gasteiger partial charge in [0, 0.05) is 24.4 Å². The lowest BCUT2D eigenvalue weighted by Crippen LogP contribution is -2.29. The zero-order valence-electron chi connectivity index (χ0n) is 12.8. The van der Waals surface area contributed by atoms with E-state index in [9.17, 15) is 13.2 Å². The SMILES string of the molecule is FC(F)(F)c1nc2c(s1)CCN(CCC1CCCCC1)CC2. The molecule has 1 aromatic rings. The summed E-state index contributed by atoms with van der Waals surface area (Å²) < 4.78 is 38.1. The van der Waals surface area contributed by atoms with Crippen LogP contribution in [0.1, 0.15) is 54.1 Å². The van der Waals surface area contributed by atoms with Crippen LogP contribution in [0.4, 0.5) is 13.2 Å². The number of thiazole rings is 1. The summed E-state index contributed by atoms with van der Waals surface area (Å²) in [5, 5.41) is -0.673. The molecule has 2 aliphatic rings. The van der Waals surface area contributed by atoms with E-state index < -0.39 is 11.2 Å². The van der Waals surface area contributed by atoms with Gasteiger partial charge in [-0.3, -0.25) is 0 Å². The highest BCUT2D eigenvalue weighted by atomic mass is 32.1. The molecule has 0 N–H and O–H groups in total. The van der Waals surface area contributed by atoms with Gasteiger partial charge in [0.2, 0.25) is 0 Å². The average Bonchev–Trinajstić information content (AvgIpc) is 2.82. The molecular formula is C16H23F3N2S. The third kappa shape index (κ3) is 4.02. The Balaban J connectivity index is 1.52. The normalized spacial score (nSPS) is 21.6. The van der Waals surface area contributed by atoms with Crippen LogP contribution >= 0.6 is 11.3 Å². The van der Waals surface area contributed by atoms with Crippen molar-refractivity contribution in [2.75, 3.05) is 19.6 Å². The molecule has 1 aromatic heterocycles. The van der Waals surface area contributed by atoms with Crippen LogP contribution in [-0.2, 0) is 19.0 Å². The molecule has 1 aliphatic heterocycles. The molecule has 0 saturated heterocycles. The average molecular weight is 332 g/mol. The molecule has 3 rings (SSSR count). The first kappa shape index (κ1) is 16.2. The molecule has 1 aliphatic carbocycles. The van der Waals surface area contributed by atoms with Crippen LogP contribution in [0.2, 0.25) is 0 Å². The minimum atomic E-state index is -4.29. The van der Waals surface area contributed by atoms with Crippen molar-refractivity contribution in [1.82, 2.24) is 9.88 Å². The van der Waals surface area contributed by atoms with Gasteiger partial charge in [-0.05, 0) is 25.3 Å². The van der Waals surface area contributed by atoms with Crippen LogP contribution in [0.25, 0.3) is 0 Å². The van der Waals surface area contributed by atoms with Gasteiger partial charge in [0.05, 0.1) is 5.69 Å². The van der Waals surface area contributed by atoms with E-state index in [0.29, 0.717) is 18.5 Å². The van der Waals surface area contributed by atoms with Crippen LogP contribution in [0.3, 0.4) is 0 Å². The monoisotopic (exact) mass is 332 g/mol. The molecule has 0 amide bonds. The Morgan fingerprint density at radius 1 is 1.09 bits per heavy atom. The predicted octanol–water partition coefficient (Wildman–Crippen LogP) is 4.53. The molecule has 2 heterocycles. The van der Waals surface area contributed by atoms with E-state index in [1.165, 1.54) is 38.5 Å². The van der Waals surface area contributed by atoms with Crippen molar-refractivity contribution in [3.8, 4) is 0 Å². The lowest BCUT2D eigenvalue weighted by Gasteiger charge is -2.26. The number of fused-ring (bicyclic) bond motifs is 1. The summed E-state index contributed by atoms with van der Waals surface area (Å²) in [6, 6.07) is 0. The molecule has 0 spiro atoms. The van der Waals surface area contributed by atoms with Gasteiger partial charge in [-0.15, -0.1) is 11.3 Å². The van der Waals surface area contributed by atoms with E-state index in [1.54, 1.807) is 0 Å². The summed E-state index contributed by atoms with van der Waals surface area (Å²) in [6.07, 6.45) is 5.16. The number of nitrogens with zero attached hydrogens (tertiary/aromatic N) is 2. The molecule has 1 fully saturated rings. The largest absolute Gasteiger partial charge is 0.443 e. The zero-order valence-corrected chi connectivity index (χ0v) is 13.6. The van der Waals surface area contributed by atoms with Crippen molar-refractivity contribution in [2.24, 2.45) is 5.92 Å². The van der Waals surface area contributed by atoms with Gasteiger partial charge in [0.25, 0.3) is 0 Å². The standard InChI is InChI=1S/C16H23F3N2S/c17-16(18,19)15-20-13-7-10-21(11-8-14(13)22-15)9-6-12-4-2-1-3-5-12/h12H,1-11H2. The Morgan fingerprint density at radius 3 is 2.55 bits per heavy atom. The van der Waals surface area contributed by atoms with E-state index in [0.717, 1.165) is 41.8 Å². The van der Waals surface area contributed by atoms with E-state index in [4.69, 9.17) is 0 Å². The molecule has 6 heteroatoms. The lowest BCUT2D eigenvalue weighted by molar-refractivity contribution is -0.137. The molecule has 2 nitrogen and oxygen atoms in total. The Morgan fingerprint density at radius 2 is 1.82 bits per heavy atom. The first-order valence-electron chi connectivity index (χ1n) is 8.30. The van der Waals surface area contributed by atoms with Crippen LogP contribution in [0.5, 0.6) is 0 Å². The topological polar surface area (TPSA) is 16.1 Å². The van der Waals surface area contributed by atoms with Gasteiger partial charge < -0.3 is 4.90 Å². The molecule has 1 saturated carbocycles. The first-order valence-corrected chi connectivity index (χ1v) is 9.12. The Bertz CT molecular complexity index is 467. The summed E-state index contributed by atoms with van der Waals surface area (Å²) >= 11 is 0.841. The molecule has 0 radical (unpaired) electrons. The van der Waals surface area contributed by atoms with Crippen molar-refractivity contribution in [1.29, 1.82) is 0 Å². The summed E-state index contributed by atoms with van der Waals surface area (Å²) in [6.45, 7) is 2.81. The minimum Gasteiger partial charge on any atom is -0.303 e. The van der Waals surface area contributed by atoms with Gasteiger partial charge in [-0.25, -0.2) is 4.98 Å². The van der Waals surface area contributed by atoms with Crippen LogP contribution < -0.4 is 0 Å². The first-order chi connectivity index (χ1) is 10.5. The third-order valence-electron chi connectivity index (χ3n) is 4.92. The van der Waals surface area contributed by atoms with E-state index in [1.807, 2.05) is 0 Å². The second kappa shape index (κ2) is 6.87. The molecule has 0 unspecified atom stereocenters. The minimum absolute atomic E-state index is 0.659. The maximum atomic E-state index is 12.7. The molecule has 0 atom stereocenters. The maximum Gasteiger partial charge on any atom is 0.443 e. The number of hydrogen-bond donors (Lipinski definition) is 0. The number of hydrogen-bond acceptors (Lipinski definition) is 3. The fourth-order valence-corrected chi connectivity index (χ4v) is 4.56. The summed E-state index contributed by atoms with van der Waals surface area (Å²) in [4.78, 5) is 7.09. The molecular weight excluding hydrogens is 309 g/mol. The molecule has 0 aromatic carbocycles. The van der Waals surface area contributed by atoms with Crippen LogP contribution in [0, 0.1) is 5.92 Å². The second-order valence-electron chi connectivity index (χ2n) is 6.52. The smallest absolute Gasteiger partial charge is 0.303 e. The second-order valence-corrected chi connectivity index (χ2v) is 7.60. The fourth-order valence-electron chi connectivity index (χ4n) is 3.60. The van der Waals surface area contributed by atoms with Gasteiger partial charge >= 0.3 is 6.18 Å². The zero-order chi connectivity index (χ0) is 15.6. The van der Waals surface area contributed by atoms with Crippen molar-refractivity contribution in [3.05, 3.63) is 15.6 Å². The third-order valence-corrected chi connectivity index (χ3v) is 6.12. The van der Waals surface area contributed by atoms with Crippen molar-refractivity contribution >= 4 is 11.3 Å². The predicted molar refractivity (Wildman–Crippen MR) is 82.2 cm³/mol. The Labute approximate surface area is 133 Å². The van der Waals surface area contributed by atoms with Crippen molar-refractivity contribution in [2.45, 2.75) is 57.5 Å². The van der Waals surface area contributed by atoms with E-state index in [2.05, 4.69) is 9.88 Å². The van der Waals surface area contributed by atoms with Gasteiger partial charge in [-0.2, -0.15) is 13.2 Å². The van der Waals surface area contributed by atoms with Crippen LogP contribution in [0.15, 0.2) is 0 Å². The Kier molecular flexibility index (Phi) is 5.07. The lowest BCUT2D eigenvalue weighted by atomic mass is 9.87. The van der Waals surface area contributed by atoms with Gasteiger partial charge in [0.15, 0.2) is 5.01 Å². The van der Waals surface area contributed by atoms with Crippen molar-refractivity contribution < 1.29 is 13.2 Å². The molecule has 22 heavy (non-hydrogen) atoms. The highest BCUT2D eigenvalue weighted by molar-refractivity contribution is 7.11. The maximum absolute atomic E-state index is 12.7. The number of rotatable bonds is 3.